The Hall–Kier alpha value is -1.41. The lowest BCUT2D eigenvalue weighted by Crippen LogP contribution is -2.37. The molecular weight excluding hydrogens is 391 g/mol. The highest BCUT2D eigenvalue weighted by atomic mass is 127. The second-order valence-electron chi connectivity index (χ2n) is 4.69. The molecular formula is C16H23IN4O. The van der Waals surface area contributed by atoms with E-state index < -0.39 is 0 Å². The maximum absolute atomic E-state index is 5.03. The maximum atomic E-state index is 5.03. The number of benzene rings is 1. The van der Waals surface area contributed by atoms with Crippen LogP contribution in [0, 0.1) is 0 Å². The first-order chi connectivity index (χ1) is 10.3. The fourth-order valence-electron chi connectivity index (χ4n) is 2.13. The molecule has 0 aliphatic heterocycles. The van der Waals surface area contributed by atoms with Gasteiger partial charge in [0.25, 0.3) is 0 Å². The van der Waals surface area contributed by atoms with E-state index in [2.05, 4.69) is 26.7 Å². The first-order valence-electron chi connectivity index (χ1n) is 7.11. The van der Waals surface area contributed by atoms with E-state index in [0.29, 0.717) is 6.54 Å². The third-order valence-corrected chi connectivity index (χ3v) is 3.23. The Morgan fingerprint density at radius 2 is 2.05 bits per heavy atom. The fourth-order valence-corrected chi connectivity index (χ4v) is 2.13. The van der Waals surface area contributed by atoms with Gasteiger partial charge in [0.05, 0.1) is 5.52 Å². The van der Waals surface area contributed by atoms with Gasteiger partial charge in [0, 0.05) is 45.4 Å². The smallest absolute Gasteiger partial charge is 0.191 e. The molecule has 6 heteroatoms. The molecule has 0 bridgehead atoms. The van der Waals surface area contributed by atoms with Gasteiger partial charge >= 0.3 is 0 Å². The number of hydrogen-bond acceptors (Lipinski definition) is 3. The van der Waals surface area contributed by atoms with Crippen LogP contribution < -0.4 is 10.6 Å². The summed E-state index contributed by atoms with van der Waals surface area (Å²) >= 11 is 0. The van der Waals surface area contributed by atoms with E-state index in [0.717, 1.165) is 31.0 Å². The Balaban J connectivity index is 0.00000242. The lowest BCUT2D eigenvalue weighted by atomic mass is 10.1. The summed E-state index contributed by atoms with van der Waals surface area (Å²) in [7, 11) is 3.48. The van der Waals surface area contributed by atoms with E-state index in [1.165, 1.54) is 10.9 Å². The number of hydrogen-bond donors (Lipinski definition) is 2. The zero-order chi connectivity index (χ0) is 14.9. The summed E-state index contributed by atoms with van der Waals surface area (Å²) in [5.74, 6) is 0.798. The summed E-state index contributed by atoms with van der Waals surface area (Å²) in [5, 5.41) is 7.76. The van der Waals surface area contributed by atoms with Crippen molar-refractivity contribution in [2.75, 3.05) is 27.3 Å². The van der Waals surface area contributed by atoms with Crippen LogP contribution in [0.5, 0.6) is 0 Å². The van der Waals surface area contributed by atoms with Gasteiger partial charge < -0.3 is 15.4 Å². The molecule has 2 rings (SSSR count). The van der Waals surface area contributed by atoms with Gasteiger partial charge in [-0.05, 0) is 24.1 Å². The van der Waals surface area contributed by atoms with Crippen LogP contribution in [0.3, 0.4) is 0 Å². The van der Waals surface area contributed by atoms with Gasteiger partial charge in [0.1, 0.15) is 0 Å². The first-order valence-corrected chi connectivity index (χ1v) is 7.11. The first kappa shape index (κ1) is 18.6. The highest BCUT2D eigenvalue weighted by molar-refractivity contribution is 14.0. The minimum absolute atomic E-state index is 0. The van der Waals surface area contributed by atoms with Gasteiger partial charge in [-0.15, -0.1) is 24.0 Å². The average Bonchev–Trinajstić information content (AvgIpc) is 2.54. The van der Waals surface area contributed by atoms with Crippen molar-refractivity contribution in [1.29, 1.82) is 0 Å². The van der Waals surface area contributed by atoms with Crippen molar-refractivity contribution >= 4 is 40.8 Å². The number of methoxy groups -OCH3 is 1. The fraction of sp³-hybridized carbons (Fsp3) is 0.375. The Morgan fingerprint density at radius 3 is 2.82 bits per heavy atom. The van der Waals surface area contributed by atoms with E-state index in [4.69, 9.17) is 4.74 Å². The number of halogens is 1. The lowest BCUT2D eigenvalue weighted by Gasteiger charge is -2.12. The Morgan fingerprint density at radius 1 is 1.23 bits per heavy atom. The van der Waals surface area contributed by atoms with Crippen LogP contribution in [0.25, 0.3) is 10.9 Å². The molecule has 1 aromatic carbocycles. The van der Waals surface area contributed by atoms with Crippen molar-refractivity contribution in [3.05, 3.63) is 42.1 Å². The molecule has 2 aromatic rings. The number of rotatable bonds is 6. The van der Waals surface area contributed by atoms with Crippen molar-refractivity contribution in [1.82, 2.24) is 15.6 Å². The SMILES string of the molecule is CN=C(NCCCOC)NCc1ccnc2ccccc12.I. The maximum Gasteiger partial charge on any atom is 0.191 e. The van der Waals surface area contributed by atoms with Crippen LogP contribution in [0.15, 0.2) is 41.5 Å². The van der Waals surface area contributed by atoms with Crippen LogP contribution in [-0.2, 0) is 11.3 Å². The number of para-hydroxylation sites is 1. The van der Waals surface area contributed by atoms with Crippen LogP contribution >= 0.6 is 24.0 Å². The van der Waals surface area contributed by atoms with Crippen LogP contribution in [0.4, 0.5) is 0 Å². The zero-order valence-corrected chi connectivity index (χ0v) is 15.3. The predicted molar refractivity (Wildman–Crippen MR) is 102 cm³/mol. The monoisotopic (exact) mass is 414 g/mol. The Bertz CT molecular complexity index is 598. The molecule has 1 aromatic heterocycles. The van der Waals surface area contributed by atoms with Crippen molar-refractivity contribution in [2.24, 2.45) is 4.99 Å². The number of ether oxygens (including phenoxy) is 1. The van der Waals surface area contributed by atoms with E-state index in [1.54, 1.807) is 14.2 Å². The van der Waals surface area contributed by atoms with Gasteiger partial charge in [-0.2, -0.15) is 0 Å². The number of aromatic nitrogens is 1. The molecule has 0 atom stereocenters. The molecule has 0 saturated carbocycles. The third kappa shape index (κ3) is 5.42. The van der Waals surface area contributed by atoms with E-state index in [-0.39, 0.29) is 24.0 Å². The second-order valence-corrected chi connectivity index (χ2v) is 4.69. The van der Waals surface area contributed by atoms with Crippen molar-refractivity contribution in [3.63, 3.8) is 0 Å². The molecule has 2 N–H and O–H groups in total. The predicted octanol–water partition coefficient (Wildman–Crippen LogP) is 2.55. The molecule has 1 heterocycles. The van der Waals surface area contributed by atoms with Gasteiger partial charge in [-0.3, -0.25) is 9.98 Å². The summed E-state index contributed by atoms with van der Waals surface area (Å²) in [4.78, 5) is 8.59. The minimum Gasteiger partial charge on any atom is -0.385 e. The Labute approximate surface area is 148 Å². The topological polar surface area (TPSA) is 58.5 Å². The lowest BCUT2D eigenvalue weighted by molar-refractivity contribution is 0.195. The minimum atomic E-state index is 0. The highest BCUT2D eigenvalue weighted by Gasteiger charge is 2.02. The quantitative estimate of drug-likeness (QED) is 0.330. The molecule has 0 aliphatic carbocycles. The van der Waals surface area contributed by atoms with Gasteiger partial charge in [-0.1, -0.05) is 18.2 Å². The molecule has 120 valence electrons. The number of pyridine rings is 1. The number of aliphatic imine (C=N–C) groups is 1. The van der Waals surface area contributed by atoms with Crippen LogP contribution in [-0.4, -0.2) is 38.3 Å². The van der Waals surface area contributed by atoms with Crippen molar-refractivity contribution < 1.29 is 4.74 Å². The van der Waals surface area contributed by atoms with Crippen molar-refractivity contribution in [3.8, 4) is 0 Å². The number of nitrogens with one attached hydrogen (secondary N) is 2. The van der Waals surface area contributed by atoms with Crippen LogP contribution in [0.1, 0.15) is 12.0 Å². The molecule has 0 fully saturated rings. The number of nitrogens with zero attached hydrogens (tertiary/aromatic N) is 2. The second kappa shape index (κ2) is 10.3. The summed E-state index contributed by atoms with van der Waals surface area (Å²) < 4.78 is 5.03. The Kier molecular flexibility index (Phi) is 8.76. The summed E-state index contributed by atoms with van der Waals surface area (Å²) in [5.41, 5.74) is 2.22. The molecule has 0 spiro atoms. The molecule has 0 unspecified atom stereocenters. The van der Waals surface area contributed by atoms with Crippen LogP contribution in [0.2, 0.25) is 0 Å². The largest absolute Gasteiger partial charge is 0.385 e. The molecule has 0 aliphatic rings. The summed E-state index contributed by atoms with van der Waals surface area (Å²) in [6.45, 7) is 2.30. The summed E-state index contributed by atoms with van der Waals surface area (Å²) in [6.07, 6.45) is 2.80. The normalized spacial score (nSPS) is 11.1. The van der Waals surface area contributed by atoms with Gasteiger partial charge in [0.2, 0.25) is 0 Å². The molecule has 0 amide bonds. The van der Waals surface area contributed by atoms with Gasteiger partial charge in [-0.25, -0.2) is 0 Å². The van der Waals surface area contributed by atoms with E-state index >= 15 is 0 Å². The van der Waals surface area contributed by atoms with Gasteiger partial charge in [0.15, 0.2) is 5.96 Å². The zero-order valence-electron chi connectivity index (χ0n) is 13.0. The molecule has 0 saturated heterocycles. The molecule has 22 heavy (non-hydrogen) atoms. The number of fused-ring (bicyclic) bond motifs is 1. The standard InChI is InChI=1S/C16H22N4O.HI/c1-17-16(19-9-5-11-21-2)20-12-13-8-10-18-15-7-4-3-6-14(13)15;/h3-4,6-8,10H,5,9,11-12H2,1-2H3,(H2,17,19,20);1H. The van der Waals surface area contributed by atoms with Crippen molar-refractivity contribution in [2.45, 2.75) is 13.0 Å². The van der Waals surface area contributed by atoms with E-state index in [9.17, 15) is 0 Å². The molecule has 5 nitrogen and oxygen atoms in total. The average molecular weight is 414 g/mol. The highest BCUT2D eigenvalue weighted by Crippen LogP contribution is 2.15. The number of guanidine groups is 1. The van der Waals surface area contributed by atoms with E-state index in [1.807, 2.05) is 30.5 Å². The molecule has 0 radical (unpaired) electrons. The summed E-state index contributed by atoms with van der Waals surface area (Å²) in [6, 6.07) is 10.2. The third-order valence-electron chi connectivity index (χ3n) is 3.23.